The largest absolute Gasteiger partial charge is 0.364 e. The highest BCUT2D eigenvalue weighted by Gasteiger charge is 2.13. The van der Waals surface area contributed by atoms with Crippen molar-refractivity contribution in [2.75, 3.05) is 25.2 Å². The van der Waals surface area contributed by atoms with Crippen molar-refractivity contribution >= 4 is 45.6 Å². The number of nitro groups is 1. The maximum atomic E-state index is 11.8. The number of nitro benzene ring substituents is 1. The van der Waals surface area contributed by atoms with E-state index in [-0.39, 0.29) is 28.6 Å². The lowest BCUT2D eigenvalue weighted by Gasteiger charge is -2.12. The molecule has 9 heteroatoms. The van der Waals surface area contributed by atoms with Crippen molar-refractivity contribution < 1.29 is 9.72 Å². The highest BCUT2D eigenvalue weighted by Crippen LogP contribution is 2.21. The zero-order valence-electron chi connectivity index (χ0n) is 11.3. The average Bonchev–Trinajstić information content (AvgIpc) is 2.44. The molecule has 0 aliphatic rings. The van der Waals surface area contributed by atoms with E-state index in [0.717, 1.165) is 6.07 Å². The molecule has 1 aromatic rings. The van der Waals surface area contributed by atoms with Gasteiger partial charge in [-0.15, -0.1) is 0 Å². The van der Waals surface area contributed by atoms with Crippen LogP contribution >= 0.6 is 24.0 Å². The van der Waals surface area contributed by atoms with E-state index in [1.165, 1.54) is 23.9 Å². The molecule has 1 amide bonds. The summed E-state index contributed by atoms with van der Waals surface area (Å²) >= 11 is 6.22. The Kier molecular flexibility index (Phi) is 6.08. The number of amides is 1. The van der Waals surface area contributed by atoms with Crippen molar-refractivity contribution in [3.63, 3.8) is 0 Å². The summed E-state index contributed by atoms with van der Waals surface area (Å²) in [7, 11) is 3.55. The fraction of sp³-hybridized carbons (Fsp3) is 0.250. The standard InChI is InChI=1S/C12H12N4O3S2/c1-15(2)12(20)21-7-11(17)14-10-4-3-9(16(18)19)5-8(10)6-13/h3-5H,7H2,1-2H3,(H,14,17). The number of benzene rings is 1. The van der Waals surface area contributed by atoms with E-state index in [4.69, 9.17) is 17.5 Å². The number of carbonyl (C=O) groups excluding carboxylic acids is 1. The Morgan fingerprint density at radius 3 is 2.76 bits per heavy atom. The van der Waals surface area contributed by atoms with Gasteiger partial charge in [-0.05, 0) is 6.07 Å². The number of carbonyl (C=O) groups is 1. The molecule has 0 saturated heterocycles. The van der Waals surface area contributed by atoms with Crippen LogP contribution in [0.4, 0.5) is 11.4 Å². The van der Waals surface area contributed by atoms with Gasteiger partial charge < -0.3 is 10.2 Å². The summed E-state index contributed by atoms with van der Waals surface area (Å²) in [6, 6.07) is 5.50. The minimum absolute atomic E-state index is 0.0396. The van der Waals surface area contributed by atoms with E-state index < -0.39 is 4.92 Å². The van der Waals surface area contributed by atoms with Gasteiger partial charge in [-0.2, -0.15) is 5.26 Å². The number of nitrogens with zero attached hydrogens (tertiary/aromatic N) is 3. The minimum Gasteiger partial charge on any atom is -0.364 e. The maximum Gasteiger partial charge on any atom is 0.270 e. The number of hydrogen-bond donors (Lipinski definition) is 1. The number of nitriles is 1. The molecule has 0 fully saturated rings. The van der Waals surface area contributed by atoms with Gasteiger partial charge in [-0.1, -0.05) is 24.0 Å². The Hall–Kier alpha value is -2.18. The van der Waals surface area contributed by atoms with Gasteiger partial charge in [0.05, 0.1) is 21.9 Å². The van der Waals surface area contributed by atoms with Gasteiger partial charge in [0.15, 0.2) is 0 Å². The summed E-state index contributed by atoms with van der Waals surface area (Å²) in [6.07, 6.45) is 0. The lowest BCUT2D eigenvalue weighted by Crippen LogP contribution is -2.21. The second-order valence-electron chi connectivity index (χ2n) is 4.10. The second kappa shape index (κ2) is 7.56. The van der Waals surface area contributed by atoms with Gasteiger partial charge in [-0.3, -0.25) is 14.9 Å². The van der Waals surface area contributed by atoms with Crippen LogP contribution in [-0.4, -0.2) is 39.9 Å². The first kappa shape index (κ1) is 16.9. The highest BCUT2D eigenvalue weighted by molar-refractivity contribution is 8.23. The first-order valence-electron chi connectivity index (χ1n) is 5.67. The fourth-order valence-corrected chi connectivity index (χ4v) is 2.05. The van der Waals surface area contributed by atoms with E-state index >= 15 is 0 Å². The predicted molar refractivity (Wildman–Crippen MR) is 85.2 cm³/mol. The Morgan fingerprint density at radius 2 is 2.24 bits per heavy atom. The van der Waals surface area contributed by atoms with Crippen molar-refractivity contribution in [1.82, 2.24) is 4.90 Å². The molecule has 0 unspecified atom stereocenters. The number of anilines is 1. The fourth-order valence-electron chi connectivity index (χ4n) is 1.29. The quantitative estimate of drug-likeness (QED) is 0.513. The number of non-ortho nitro benzene ring substituents is 1. The van der Waals surface area contributed by atoms with E-state index in [1.54, 1.807) is 19.0 Å². The zero-order valence-corrected chi connectivity index (χ0v) is 13.0. The van der Waals surface area contributed by atoms with Crippen molar-refractivity contribution in [3.8, 4) is 6.07 Å². The van der Waals surface area contributed by atoms with Crippen LogP contribution in [0.5, 0.6) is 0 Å². The molecule has 0 aliphatic carbocycles. The summed E-state index contributed by atoms with van der Waals surface area (Å²) in [5.41, 5.74) is 0.0786. The number of thiocarbonyl (C=S) groups is 1. The number of thioether (sulfide) groups is 1. The molecule has 1 rings (SSSR count). The van der Waals surface area contributed by atoms with Crippen LogP contribution in [0.25, 0.3) is 0 Å². The van der Waals surface area contributed by atoms with Crippen LogP contribution in [0.2, 0.25) is 0 Å². The lowest BCUT2D eigenvalue weighted by molar-refractivity contribution is -0.384. The predicted octanol–water partition coefficient (Wildman–Crippen LogP) is 1.98. The molecule has 0 aromatic heterocycles. The van der Waals surface area contributed by atoms with Crippen LogP contribution in [0.3, 0.4) is 0 Å². The van der Waals surface area contributed by atoms with E-state index in [2.05, 4.69) is 5.32 Å². The van der Waals surface area contributed by atoms with Gasteiger partial charge in [0.2, 0.25) is 5.91 Å². The monoisotopic (exact) mass is 324 g/mol. The molecule has 110 valence electrons. The molecule has 0 spiro atoms. The van der Waals surface area contributed by atoms with Crippen LogP contribution in [0.1, 0.15) is 5.56 Å². The molecular weight excluding hydrogens is 312 g/mol. The summed E-state index contributed by atoms with van der Waals surface area (Å²) in [6.45, 7) is 0. The molecule has 1 N–H and O–H groups in total. The van der Waals surface area contributed by atoms with Crippen molar-refractivity contribution in [1.29, 1.82) is 5.26 Å². The molecule has 0 heterocycles. The van der Waals surface area contributed by atoms with Crippen molar-refractivity contribution in [2.45, 2.75) is 0 Å². The number of nitrogens with one attached hydrogen (secondary N) is 1. The molecule has 1 aromatic carbocycles. The Labute approximate surface area is 131 Å². The topological polar surface area (TPSA) is 99.3 Å². The maximum absolute atomic E-state index is 11.8. The summed E-state index contributed by atoms with van der Waals surface area (Å²) in [4.78, 5) is 23.5. The molecule has 0 atom stereocenters. The molecule has 0 bridgehead atoms. The van der Waals surface area contributed by atoms with Crippen molar-refractivity contribution in [2.24, 2.45) is 0 Å². The smallest absolute Gasteiger partial charge is 0.270 e. The molecular formula is C12H12N4O3S2. The molecule has 0 radical (unpaired) electrons. The van der Waals surface area contributed by atoms with Gasteiger partial charge in [0, 0.05) is 26.2 Å². The summed E-state index contributed by atoms with van der Waals surface area (Å²) < 4.78 is 0.564. The van der Waals surface area contributed by atoms with E-state index in [1.807, 2.05) is 6.07 Å². The lowest BCUT2D eigenvalue weighted by atomic mass is 10.1. The third-order valence-electron chi connectivity index (χ3n) is 2.30. The molecule has 0 saturated carbocycles. The third kappa shape index (κ3) is 5.02. The Morgan fingerprint density at radius 1 is 1.57 bits per heavy atom. The van der Waals surface area contributed by atoms with Gasteiger partial charge >= 0.3 is 0 Å². The van der Waals surface area contributed by atoms with E-state index in [9.17, 15) is 14.9 Å². The van der Waals surface area contributed by atoms with Crippen molar-refractivity contribution in [3.05, 3.63) is 33.9 Å². The van der Waals surface area contributed by atoms with Gasteiger partial charge in [0.1, 0.15) is 10.4 Å². The minimum atomic E-state index is -0.599. The first-order valence-corrected chi connectivity index (χ1v) is 7.07. The Balaban J connectivity index is 2.75. The van der Waals surface area contributed by atoms with Crippen LogP contribution in [0, 0.1) is 21.4 Å². The third-order valence-corrected chi connectivity index (χ3v) is 4.04. The summed E-state index contributed by atoms with van der Waals surface area (Å²) in [5, 5.41) is 22.1. The number of hydrogen-bond acceptors (Lipinski definition) is 6. The summed E-state index contributed by atoms with van der Waals surface area (Å²) in [5.74, 6) is -0.242. The van der Waals surface area contributed by atoms with Crippen LogP contribution < -0.4 is 5.32 Å². The highest BCUT2D eigenvalue weighted by atomic mass is 32.2. The molecule has 21 heavy (non-hydrogen) atoms. The molecule has 7 nitrogen and oxygen atoms in total. The van der Waals surface area contributed by atoms with Gasteiger partial charge in [0.25, 0.3) is 5.69 Å². The van der Waals surface area contributed by atoms with Crippen LogP contribution in [0.15, 0.2) is 18.2 Å². The zero-order chi connectivity index (χ0) is 16.0. The average molecular weight is 324 g/mol. The SMILES string of the molecule is CN(C)C(=S)SCC(=O)Nc1ccc([N+](=O)[O-])cc1C#N. The van der Waals surface area contributed by atoms with E-state index in [0.29, 0.717) is 4.32 Å². The second-order valence-corrected chi connectivity index (χ2v) is 5.71. The van der Waals surface area contributed by atoms with Crippen LogP contribution in [-0.2, 0) is 4.79 Å². The normalized spacial score (nSPS) is 9.57. The number of rotatable bonds is 4. The molecule has 0 aliphatic heterocycles. The Bertz CT molecular complexity index is 625. The van der Waals surface area contributed by atoms with Gasteiger partial charge in [-0.25, -0.2) is 0 Å². The first-order chi connectivity index (χ1) is 9.85.